The maximum atomic E-state index is 11.0. The number of benzene rings is 2. The van der Waals surface area contributed by atoms with Gasteiger partial charge >= 0.3 is 6.09 Å². The lowest BCUT2D eigenvalue weighted by molar-refractivity contribution is 0.190. The molecule has 0 aliphatic carbocycles. The van der Waals surface area contributed by atoms with Crippen LogP contribution in [0.1, 0.15) is 61.3 Å². The average Bonchev–Trinajstić information content (AvgIpc) is 3.12. The van der Waals surface area contributed by atoms with Crippen molar-refractivity contribution in [1.29, 1.82) is 0 Å². The summed E-state index contributed by atoms with van der Waals surface area (Å²) in [7, 11) is 0. The molecule has 3 rings (SSSR count). The summed E-state index contributed by atoms with van der Waals surface area (Å²) in [6, 6.07) is 18.1. The Morgan fingerprint density at radius 2 is 1.50 bits per heavy atom. The van der Waals surface area contributed by atoms with Crippen molar-refractivity contribution in [3.05, 3.63) is 70.8 Å². The minimum Gasteiger partial charge on any atom is -0.465 e. The van der Waals surface area contributed by atoms with Crippen molar-refractivity contribution in [2.45, 2.75) is 64.0 Å². The van der Waals surface area contributed by atoms with Crippen LogP contribution < -0.4 is 10.6 Å². The van der Waals surface area contributed by atoms with Crippen molar-refractivity contribution in [2.75, 3.05) is 6.54 Å². The molecule has 0 spiro atoms. The first kappa shape index (κ1) is 20.4. The summed E-state index contributed by atoms with van der Waals surface area (Å²) in [5.41, 5.74) is 5.31. The Morgan fingerprint density at radius 1 is 1.00 bits per heavy atom. The van der Waals surface area contributed by atoms with E-state index < -0.39 is 6.09 Å². The van der Waals surface area contributed by atoms with Gasteiger partial charge in [-0.15, -0.1) is 0 Å². The van der Waals surface area contributed by atoms with E-state index in [0.717, 1.165) is 32.1 Å². The number of carboxylic acid groups (broad SMARTS) is 1. The SMILES string of the molecule is CCCc1ccc(C(c2ccc(CCC)cc2)C2CC(NC(=O)O)CN2)cc1. The number of rotatable bonds is 8. The van der Waals surface area contributed by atoms with Crippen molar-refractivity contribution in [3.8, 4) is 0 Å². The van der Waals surface area contributed by atoms with Gasteiger partial charge in [-0.25, -0.2) is 4.79 Å². The fourth-order valence-electron chi connectivity index (χ4n) is 4.32. The molecule has 1 aliphatic rings. The topological polar surface area (TPSA) is 61.4 Å². The predicted molar refractivity (Wildman–Crippen MR) is 114 cm³/mol. The van der Waals surface area contributed by atoms with Crippen molar-refractivity contribution in [3.63, 3.8) is 0 Å². The monoisotopic (exact) mass is 380 g/mol. The second-order valence-electron chi connectivity index (χ2n) is 7.86. The van der Waals surface area contributed by atoms with Gasteiger partial charge in [0.25, 0.3) is 0 Å². The highest BCUT2D eigenvalue weighted by atomic mass is 16.4. The summed E-state index contributed by atoms with van der Waals surface area (Å²) in [6.07, 6.45) is 4.34. The summed E-state index contributed by atoms with van der Waals surface area (Å²) in [4.78, 5) is 11.0. The predicted octanol–water partition coefficient (Wildman–Crippen LogP) is 4.72. The highest BCUT2D eigenvalue weighted by Crippen LogP contribution is 2.33. The quantitative estimate of drug-likeness (QED) is 0.621. The molecule has 1 heterocycles. The lowest BCUT2D eigenvalue weighted by atomic mass is 9.83. The van der Waals surface area contributed by atoms with Crippen LogP contribution in [0.15, 0.2) is 48.5 Å². The maximum absolute atomic E-state index is 11.0. The molecule has 28 heavy (non-hydrogen) atoms. The number of hydrogen-bond donors (Lipinski definition) is 3. The lowest BCUT2D eigenvalue weighted by Gasteiger charge is -2.25. The Labute approximate surface area is 168 Å². The third-order valence-electron chi connectivity index (χ3n) is 5.65. The number of amides is 1. The van der Waals surface area contributed by atoms with E-state index in [0.29, 0.717) is 6.54 Å². The van der Waals surface area contributed by atoms with Gasteiger partial charge in [0.05, 0.1) is 0 Å². The maximum Gasteiger partial charge on any atom is 0.404 e. The smallest absolute Gasteiger partial charge is 0.404 e. The Hall–Kier alpha value is -2.33. The molecule has 1 amide bonds. The minimum atomic E-state index is -0.947. The molecule has 4 nitrogen and oxygen atoms in total. The highest BCUT2D eigenvalue weighted by Gasteiger charge is 2.33. The normalized spacial score (nSPS) is 19.1. The molecule has 1 fully saturated rings. The molecular weight excluding hydrogens is 348 g/mol. The Morgan fingerprint density at radius 3 is 1.93 bits per heavy atom. The van der Waals surface area contributed by atoms with Gasteiger partial charge in [-0.05, 0) is 41.5 Å². The fraction of sp³-hybridized carbons (Fsp3) is 0.458. The van der Waals surface area contributed by atoms with Gasteiger partial charge in [-0.2, -0.15) is 0 Å². The highest BCUT2D eigenvalue weighted by molar-refractivity contribution is 5.65. The molecule has 150 valence electrons. The first-order valence-electron chi connectivity index (χ1n) is 10.5. The number of carbonyl (C=O) groups is 1. The molecule has 0 radical (unpaired) electrons. The number of nitrogens with one attached hydrogen (secondary N) is 2. The molecule has 0 bridgehead atoms. The zero-order valence-corrected chi connectivity index (χ0v) is 16.9. The summed E-state index contributed by atoms with van der Waals surface area (Å²) in [6.45, 7) is 5.08. The van der Waals surface area contributed by atoms with E-state index in [9.17, 15) is 4.79 Å². The first-order valence-corrected chi connectivity index (χ1v) is 10.5. The van der Waals surface area contributed by atoms with Crippen molar-refractivity contribution < 1.29 is 9.90 Å². The third kappa shape index (κ3) is 5.14. The Bertz CT molecular complexity index is 706. The zero-order chi connectivity index (χ0) is 19.9. The molecular formula is C24H32N2O2. The van der Waals surface area contributed by atoms with Crippen LogP contribution in [0.2, 0.25) is 0 Å². The van der Waals surface area contributed by atoms with Crippen molar-refractivity contribution in [1.82, 2.24) is 10.6 Å². The molecule has 0 aromatic heterocycles. The molecule has 2 unspecified atom stereocenters. The molecule has 1 saturated heterocycles. The molecule has 3 N–H and O–H groups in total. The van der Waals surface area contributed by atoms with Crippen LogP contribution in [-0.2, 0) is 12.8 Å². The van der Waals surface area contributed by atoms with Crippen LogP contribution >= 0.6 is 0 Å². The van der Waals surface area contributed by atoms with Crippen molar-refractivity contribution in [2.24, 2.45) is 0 Å². The second kappa shape index (κ2) is 9.74. The minimum absolute atomic E-state index is 0.0382. The van der Waals surface area contributed by atoms with Gasteiger partial charge in [0, 0.05) is 24.5 Å². The van der Waals surface area contributed by atoms with Crippen LogP contribution in [0, 0.1) is 0 Å². The van der Waals surface area contributed by atoms with E-state index in [1.165, 1.54) is 22.3 Å². The molecule has 2 atom stereocenters. The Kier molecular flexibility index (Phi) is 7.10. The van der Waals surface area contributed by atoms with Crippen LogP contribution in [0.25, 0.3) is 0 Å². The molecule has 2 aromatic rings. The van der Waals surface area contributed by atoms with E-state index in [1.54, 1.807) is 0 Å². The summed E-state index contributed by atoms with van der Waals surface area (Å²) < 4.78 is 0. The van der Waals surface area contributed by atoms with Gasteiger partial charge in [0.15, 0.2) is 0 Å². The van der Waals surface area contributed by atoms with E-state index >= 15 is 0 Å². The molecule has 4 heteroatoms. The van der Waals surface area contributed by atoms with E-state index in [4.69, 9.17) is 5.11 Å². The third-order valence-corrected chi connectivity index (χ3v) is 5.65. The van der Waals surface area contributed by atoms with Crippen molar-refractivity contribution >= 4 is 6.09 Å². The second-order valence-corrected chi connectivity index (χ2v) is 7.86. The number of hydrogen-bond acceptors (Lipinski definition) is 2. The van der Waals surface area contributed by atoms with E-state index in [1.807, 2.05) is 0 Å². The molecule has 2 aromatic carbocycles. The van der Waals surface area contributed by atoms with Crippen LogP contribution in [0.5, 0.6) is 0 Å². The largest absolute Gasteiger partial charge is 0.465 e. The Balaban J connectivity index is 1.86. The standard InChI is InChI=1S/C24H32N2O2/c1-3-5-17-7-11-19(12-8-17)23(20-13-9-18(6-4-2)10-14-20)22-15-21(16-25-22)26-24(27)28/h7-14,21-23,25-26H,3-6,15-16H2,1-2H3,(H,27,28). The van der Waals surface area contributed by atoms with Crippen LogP contribution in [0.3, 0.4) is 0 Å². The fourth-order valence-corrected chi connectivity index (χ4v) is 4.32. The van der Waals surface area contributed by atoms with E-state index in [-0.39, 0.29) is 18.0 Å². The van der Waals surface area contributed by atoms with E-state index in [2.05, 4.69) is 73.0 Å². The first-order chi connectivity index (χ1) is 13.6. The van der Waals surface area contributed by atoms with Crippen LogP contribution in [0.4, 0.5) is 4.79 Å². The van der Waals surface area contributed by atoms with Gasteiger partial charge in [0.1, 0.15) is 0 Å². The zero-order valence-electron chi connectivity index (χ0n) is 16.9. The van der Waals surface area contributed by atoms with Gasteiger partial charge < -0.3 is 15.7 Å². The summed E-state index contributed by atoms with van der Waals surface area (Å²) in [5, 5.41) is 15.3. The number of aryl methyl sites for hydroxylation is 2. The van der Waals surface area contributed by atoms with Crippen LogP contribution in [-0.4, -0.2) is 29.8 Å². The lowest BCUT2D eigenvalue weighted by Crippen LogP contribution is -2.34. The summed E-state index contributed by atoms with van der Waals surface area (Å²) in [5.74, 6) is 0.215. The molecule has 0 saturated carbocycles. The van der Waals surface area contributed by atoms with Gasteiger partial charge in [0.2, 0.25) is 0 Å². The summed E-state index contributed by atoms with van der Waals surface area (Å²) >= 11 is 0. The average molecular weight is 381 g/mol. The molecule has 1 aliphatic heterocycles. The van der Waals surface area contributed by atoms with Gasteiger partial charge in [-0.3, -0.25) is 0 Å². The van der Waals surface area contributed by atoms with Gasteiger partial charge in [-0.1, -0.05) is 75.2 Å².